The molecular formula is C15H12Cl2F2N2O. The van der Waals surface area contributed by atoms with Crippen molar-refractivity contribution in [2.24, 2.45) is 0 Å². The lowest BCUT2D eigenvalue weighted by atomic mass is 10.2. The molecule has 0 saturated carbocycles. The third-order valence-electron chi connectivity index (χ3n) is 2.75. The maximum Gasteiger partial charge on any atom is 0.226 e. The van der Waals surface area contributed by atoms with Gasteiger partial charge in [0, 0.05) is 34.8 Å². The number of carbonyl (C=O) groups excluding carboxylic acids is 1. The Labute approximate surface area is 136 Å². The summed E-state index contributed by atoms with van der Waals surface area (Å²) in [5.74, 6) is -1.91. The van der Waals surface area contributed by atoms with Gasteiger partial charge in [0.15, 0.2) is 0 Å². The van der Waals surface area contributed by atoms with E-state index in [0.717, 1.165) is 6.07 Å². The van der Waals surface area contributed by atoms with Gasteiger partial charge in [-0.15, -0.1) is 0 Å². The minimum Gasteiger partial charge on any atom is -0.384 e. The van der Waals surface area contributed by atoms with Crippen LogP contribution in [0, 0.1) is 11.6 Å². The molecule has 0 fully saturated rings. The molecule has 0 aliphatic heterocycles. The predicted molar refractivity (Wildman–Crippen MR) is 84.6 cm³/mol. The Kier molecular flexibility index (Phi) is 5.57. The highest BCUT2D eigenvalue weighted by atomic mass is 35.5. The van der Waals surface area contributed by atoms with Crippen LogP contribution in [0.1, 0.15) is 6.42 Å². The molecule has 0 aromatic heterocycles. The summed E-state index contributed by atoms with van der Waals surface area (Å²) in [6, 6.07) is 7.90. The molecule has 2 N–H and O–H groups in total. The monoisotopic (exact) mass is 344 g/mol. The van der Waals surface area contributed by atoms with Crippen LogP contribution in [0.15, 0.2) is 36.4 Å². The highest BCUT2D eigenvalue weighted by molar-refractivity contribution is 6.35. The van der Waals surface area contributed by atoms with Crippen LogP contribution in [-0.2, 0) is 4.79 Å². The number of hydrogen-bond acceptors (Lipinski definition) is 2. The quantitative estimate of drug-likeness (QED) is 0.824. The lowest BCUT2D eigenvalue weighted by molar-refractivity contribution is -0.116. The number of halogens is 4. The normalized spacial score (nSPS) is 10.4. The van der Waals surface area contributed by atoms with Crippen LogP contribution >= 0.6 is 23.2 Å². The van der Waals surface area contributed by atoms with Crippen molar-refractivity contribution in [3.05, 3.63) is 58.1 Å². The number of carbonyl (C=O) groups is 1. The second-order valence-electron chi connectivity index (χ2n) is 4.51. The molecule has 22 heavy (non-hydrogen) atoms. The number of rotatable bonds is 5. The van der Waals surface area contributed by atoms with Gasteiger partial charge in [0.25, 0.3) is 0 Å². The van der Waals surface area contributed by atoms with E-state index in [0.29, 0.717) is 28.3 Å². The standard InChI is InChI=1S/C15H12Cl2F2N2O/c16-9-5-10(17)7-12(6-9)20-4-3-15(22)21-14-2-1-11(18)8-13(14)19/h1-2,5-8,20H,3-4H2,(H,21,22). The summed E-state index contributed by atoms with van der Waals surface area (Å²) in [5.41, 5.74) is 0.621. The largest absolute Gasteiger partial charge is 0.384 e. The van der Waals surface area contributed by atoms with Gasteiger partial charge in [-0.1, -0.05) is 23.2 Å². The molecule has 2 aromatic carbocycles. The van der Waals surface area contributed by atoms with Gasteiger partial charge < -0.3 is 10.6 Å². The number of anilines is 2. The number of amides is 1. The first-order chi connectivity index (χ1) is 10.4. The van der Waals surface area contributed by atoms with Crippen molar-refractivity contribution in [3.63, 3.8) is 0 Å². The van der Waals surface area contributed by atoms with E-state index < -0.39 is 17.5 Å². The molecule has 116 valence electrons. The highest BCUT2D eigenvalue weighted by Gasteiger charge is 2.08. The van der Waals surface area contributed by atoms with E-state index >= 15 is 0 Å². The van der Waals surface area contributed by atoms with Crippen molar-refractivity contribution in [2.45, 2.75) is 6.42 Å². The van der Waals surface area contributed by atoms with Gasteiger partial charge in [-0.2, -0.15) is 0 Å². The summed E-state index contributed by atoms with van der Waals surface area (Å²) in [7, 11) is 0. The molecule has 0 aliphatic carbocycles. The fourth-order valence-electron chi connectivity index (χ4n) is 1.78. The second-order valence-corrected chi connectivity index (χ2v) is 5.38. The van der Waals surface area contributed by atoms with Crippen molar-refractivity contribution in [2.75, 3.05) is 17.2 Å². The van der Waals surface area contributed by atoms with Gasteiger partial charge >= 0.3 is 0 Å². The van der Waals surface area contributed by atoms with Crippen LogP contribution in [0.5, 0.6) is 0 Å². The Morgan fingerprint density at radius 2 is 1.73 bits per heavy atom. The first-order valence-electron chi connectivity index (χ1n) is 6.39. The zero-order valence-electron chi connectivity index (χ0n) is 11.3. The molecule has 3 nitrogen and oxygen atoms in total. The van der Waals surface area contributed by atoms with Crippen LogP contribution < -0.4 is 10.6 Å². The van der Waals surface area contributed by atoms with E-state index in [-0.39, 0.29) is 12.1 Å². The zero-order valence-corrected chi connectivity index (χ0v) is 12.8. The summed E-state index contributed by atoms with van der Waals surface area (Å²) < 4.78 is 26.1. The average Bonchev–Trinajstić information content (AvgIpc) is 2.41. The van der Waals surface area contributed by atoms with Gasteiger partial charge in [0.2, 0.25) is 5.91 Å². The predicted octanol–water partition coefficient (Wildman–Crippen LogP) is 4.71. The molecule has 0 atom stereocenters. The lowest BCUT2D eigenvalue weighted by Gasteiger charge is -2.09. The first kappa shape index (κ1) is 16.5. The van der Waals surface area contributed by atoms with Gasteiger partial charge in [0.05, 0.1) is 5.69 Å². The first-order valence-corrected chi connectivity index (χ1v) is 7.14. The van der Waals surface area contributed by atoms with E-state index in [2.05, 4.69) is 10.6 Å². The van der Waals surface area contributed by atoms with Crippen molar-refractivity contribution < 1.29 is 13.6 Å². The van der Waals surface area contributed by atoms with E-state index in [1.165, 1.54) is 6.07 Å². The van der Waals surface area contributed by atoms with Crippen molar-refractivity contribution in [1.82, 2.24) is 0 Å². The van der Waals surface area contributed by atoms with Crippen LogP contribution in [0.4, 0.5) is 20.2 Å². The molecule has 0 spiro atoms. The second kappa shape index (κ2) is 7.42. The smallest absolute Gasteiger partial charge is 0.226 e. The molecule has 0 bridgehead atoms. The Balaban J connectivity index is 1.85. The summed E-state index contributed by atoms with van der Waals surface area (Å²) in [6.45, 7) is 0.311. The molecule has 0 unspecified atom stereocenters. The van der Waals surface area contributed by atoms with Gasteiger partial charge in [0.1, 0.15) is 11.6 Å². The van der Waals surface area contributed by atoms with E-state index in [1.807, 2.05) is 0 Å². The summed E-state index contributed by atoms with van der Waals surface area (Å²) >= 11 is 11.7. The Hall–Kier alpha value is -1.85. The van der Waals surface area contributed by atoms with Crippen molar-refractivity contribution in [1.29, 1.82) is 0 Å². The third-order valence-corrected chi connectivity index (χ3v) is 3.19. The van der Waals surface area contributed by atoms with Crippen LogP contribution in [0.3, 0.4) is 0 Å². The third kappa shape index (κ3) is 4.86. The number of nitrogens with one attached hydrogen (secondary N) is 2. The number of benzene rings is 2. The van der Waals surface area contributed by atoms with Crippen LogP contribution in [0.25, 0.3) is 0 Å². The molecule has 2 rings (SSSR count). The highest BCUT2D eigenvalue weighted by Crippen LogP contribution is 2.22. The summed E-state index contributed by atoms with van der Waals surface area (Å²) in [4.78, 5) is 11.7. The molecule has 0 saturated heterocycles. The molecule has 1 amide bonds. The topological polar surface area (TPSA) is 41.1 Å². The maximum absolute atomic E-state index is 13.4. The molecule has 0 aliphatic rings. The van der Waals surface area contributed by atoms with Crippen molar-refractivity contribution >= 4 is 40.5 Å². The Morgan fingerprint density at radius 3 is 2.36 bits per heavy atom. The number of hydrogen-bond donors (Lipinski definition) is 2. The summed E-state index contributed by atoms with van der Waals surface area (Å²) in [5, 5.41) is 6.32. The summed E-state index contributed by atoms with van der Waals surface area (Å²) in [6.07, 6.45) is 0.0982. The van der Waals surface area contributed by atoms with Crippen molar-refractivity contribution in [3.8, 4) is 0 Å². The molecule has 2 aromatic rings. The van der Waals surface area contributed by atoms with Gasteiger partial charge in [-0.05, 0) is 30.3 Å². The average molecular weight is 345 g/mol. The lowest BCUT2D eigenvalue weighted by Crippen LogP contribution is -2.17. The van der Waals surface area contributed by atoms with Crippen LogP contribution in [-0.4, -0.2) is 12.5 Å². The molecule has 0 radical (unpaired) electrons. The zero-order chi connectivity index (χ0) is 16.1. The minimum absolute atomic E-state index is 0.0581. The van der Waals surface area contributed by atoms with E-state index in [1.54, 1.807) is 18.2 Å². The van der Waals surface area contributed by atoms with E-state index in [9.17, 15) is 13.6 Å². The fourth-order valence-corrected chi connectivity index (χ4v) is 2.31. The Bertz CT molecular complexity index is 675. The van der Waals surface area contributed by atoms with E-state index in [4.69, 9.17) is 23.2 Å². The van der Waals surface area contributed by atoms with Crippen LogP contribution in [0.2, 0.25) is 10.0 Å². The SMILES string of the molecule is O=C(CCNc1cc(Cl)cc(Cl)c1)Nc1ccc(F)cc1F. The Morgan fingerprint density at radius 1 is 1.05 bits per heavy atom. The molecule has 0 heterocycles. The van der Waals surface area contributed by atoms with Gasteiger partial charge in [-0.3, -0.25) is 4.79 Å². The minimum atomic E-state index is -0.817. The molecule has 7 heteroatoms. The fraction of sp³-hybridized carbons (Fsp3) is 0.133. The van der Waals surface area contributed by atoms with Gasteiger partial charge in [-0.25, -0.2) is 8.78 Å². The molecular weight excluding hydrogens is 333 g/mol. The maximum atomic E-state index is 13.4.